The van der Waals surface area contributed by atoms with Gasteiger partial charge in [0.2, 0.25) is 0 Å². The quantitative estimate of drug-likeness (QED) is 0.464. The normalized spacial score (nSPS) is 10.7. The lowest BCUT2D eigenvalue weighted by molar-refractivity contribution is -0.144. The van der Waals surface area contributed by atoms with Crippen LogP contribution in [-0.4, -0.2) is 11.0 Å². The van der Waals surface area contributed by atoms with Crippen molar-refractivity contribution in [1.82, 2.24) is 4.98 Å². The van der Waals surface area contributed by atoms with E-state index in [1.54, 1.807) is 0 Å². The number of hydrogen-bond donors (Lipinski definition) is 0. The molecular weight excluding hydrogens is 334 g/mol. The van der Waals surface area contributed by atoms with Crippen LogP contribution in [0.1, 0.15) is 11.3 Å². The van der Waals surface area contributed by atoms with Gasteiger partial charge in [-0.25, -0.2) is 0 Å². The molecule has 1 heterocycles. The molecular formula is C24H19NO2. The van der Waals surface area contributed by atoms with Gasteiger partial charge >= 0.3 is 5.97 Å². The maximum Gasteiger partial charge on any atom is 0.312 e. The first kappa shape index (κ1) is 17.0. The van der Waals surface area contributed by atoms with Crippen LogP contribution >= 0.6 is 0 Å². The average molecular weight is 353 g/mol. The minimum Gasteiger partial charge on any atom is -0.461 e. The van der Waals surface area contributed by atoms with E-state index >= 15 is 0 Å². The van der Waals surface area contributed by atoms with Crippen LogP contribution < -0.4 is 0 Å². The van der Waals surface area contributed by atoms with Crippen LogP contribution in [0.15, 0.2) is 91.0 Å². The number of aromatic nitrogens is 1. The van der Waals surface area contributed by atoms with Crippen LogP contribution in [-0.2, 0) is 22.6 Å². The molecule has 0 bridgehead atoms. The zero-order valence-corrected chi connectivity index (χ0v) is 14.8. The van der Waals surface area contributed by atoms with Gasteiger partial charge in [-0.1, -0.05) is 78.9 Å². The molecule has 0 unspecified atom stereocenters. The SMILES string of the molecule is O=C(Cc1nc2ccccc2cc1-c1ccccc1)OCc1ccccc1. The van der Waals surface area contributed by atoms with Crippen molar-refractivity contribution in [3.8, 4) is 11.1 Å². The number of esters is 1. The van der Waals surface area contributed by atoms with E-state index in [1.165, 1.54) is 0 Å². The van der Waals surface area contributed by atoms with Crippen molar-refractivity contribution < 1.29 is 9.53 Å². The summed E-state index contributed by atoms with van der Waals surface area (Å²) in [6.45, 7) is 0.272. The maximum atomic E-state index is 12.4. The number of carbonyl (C=O) groups excluding carboxylic acids is 1. The number of fused-ring (bicyclic) bond motifs is 1. The van der Waals surface area contributed by atoms with E-state index in [0.717, 1.165) is 33.3 Å². The third kappa shape index (κ3) is 4.04. The number of nitrogens with zero attached hydrogens (tertiary/aromatic N) is 1. The summed E-state index contributed by atoms with van der Waals surface area (Å²) in [5.41, 5.74) is 4.59. The number of rotatable bonds is 5. The Morgan fingerprint density at radius 2 is 1.48 bits per heavy atom. The van der Waals surface area contributed by atoms with Gasteiger partial charge in [-0.2, -0.15) is 0 Å². The van der Waals surface area contributed by atoms with Gasteiger partial charge in [0.1, 0.15) is 6.61 Å². The fourth-order valence-corrected chi connectivity index (χ4v) is 3.08. The van der Waals surface area contributed by atoms with Crippen molar-refractivity contribution in [3.05, 3.63) is 102 Å². The second-order valence-electron chi connectivity index (χ2n) is 6.36. The predicted molar refractivity (Wildman–Crippen MR) is 107 cm³/mol. The van der Waals surface area contributed by atoms with Crippen molar-refractivity contribution in [3.63, 3.8) is 0 Å². The smallest absolute Gasteiger partial charge is 0.312 e. The molecule has 0 amide bonds. The van der Waals surface area contributed by atoms with Crippen molar-refractivity contribution in [1.29, 1.82) is 0 Å². The summed E-state index contributed by atoms with van der Waals surface area (Å²) in [5, 5.41) is 1.05. The van der Waals surface area contributed by atoms with E-state index < -0.39 is 0 Å². The average Bonchev–Trinajstić information content (AvgIpc) is 2.73. The molecule has 0 spiro atoms. The predicted octanol–water partition coefficient (Wildman–Crippen LogP) is 5.19. The van der Waals surface area contributed by atoms with Crippen LogP contribution in [0.2, 0.25) is 0 Å². The third-order valence-electron chi connectivity index (χ3n) is 4.44. The van der Waals surface area contributed by atoms with Crippen molar-refractivity contribution in [2.75, 3.05) is 0 Å². The van der Waals surface area contributed by atoms with Crippen LogP contribution in [0.4, 0.5) is 0 Å². The van der Waals surface area contributed by atoms with Crippen molar-refractivity contribution in [2.24, 2.45) is 0 Å². The molecule has 4 aromatic rings. The molecule has 0 aliphatic heterocycles. The Hall–Kier alpha value is -3.46. The van der Waals surface area contributed by atoms with Crippen LogP contribution in [0.3, 0.4) is 0 Å². The molecule has 0 atom stereocenters. The monoisotopic (exact) mass is 353 g/mol. The summed E-state index contributed by atoms with van der Waals surface area (Å²) in [7, 11) is 0. The van der Waals surface area contributed by atoms with Gasteiger partial charge < -0.3 is 4.74 Å². The van der Waals surface area contributed by atoms with Gasteiger partial charge in [-0.3, -0.25) is 9.78 Å². The molecule has 0 saturated heterocycles. The number of carbonyl (C=O) groups is 1. The Balaban J connectivity index is 1.62. The molecule has 3 aromatic carbocycles. The van der Waals surface area contributed by atoms with Gasteiger partial charge in [0.15, 0.2) is 0 Å². The van der Waals surface area contributed by atoms with Gasteiger partial charge in [-0.05, 0) is 23.3 Å². The van der Waals surface area contributed by atoms with Crippen LogP contribution in [0.5, 0.6) is 0 Å². The highest BCUT2D eigenvalue weighted by Crippen LogP contribution is 2.27. The Kier molecular flexibility index (Phi) is 4.93. The summed E-state index contributed by atoms with van der Waals surface area (Å²) in [5.74, 6) is -0.279. The first-order chi connectivity index (χ1) is 13.3. The lowest BCUT2D eigenvalue weighted by Crippen LogP contribution is -2.10. The fraction of sp³-hybridized carbons (Fsp3) is 0.0833. The lowest BCUT2D eigenvalue weighted by atomic mass is 10.00. The van der Waals surface area contributed by atoms with Crippen molar-refractivity contribution in [2.45, 2.75) is 13.0 Å². The number of benzene rings is 3. The second-order valence-corrected chi connectivity index (χ2v) is 6.36. The molecule has 3 heteroatoms. The Morgan fingerprint density at radius 3 is 2.26 bits per heavy atom. The topological polar surface area (TPSA) is 39.2 Å². The molecule has 132 valence electrons. The Morgan fingerprint density at radius 1 is 0.815 bits per heavy atom. The standard InChI is InChI=1S/C24H19NO2/c26-24(27-17-18-9-3-1-4-10-18)16-23-21(19-11-5-2-6-12-19)15-20-13-7-8-14-22(20)25-23/h1-15H,16-17H2. The minimum absolute atomic E-state index is 0.141. The molecule has 0 aliphatic rings. The number of hydrogen-bond acceptors (Lipinski definition) is 3. The number of para-hydroxylation sites is 1. The van der Waals surface area contributed by atoms with E-state index in [-0.39, 0.29) is 19.0 Å². The molecule has 0 radical (unpaired) electrons. The highest BCUT2D eigenvalue weighted by Gasteiger charge is 2.14. The van der Waals surface area contributed by atoms with Crippen LogP contribution in [0.25, 0.3) is 22.0 Å². The fourth-order valence-electron chi connectivity index (χ4n) is 3.08. The zero-order valence-electron chi connectivity index (χ0n) is 14.8. The van der Waals surface area contributed by atoms with E-state index in [0.29, 0.717) is 0 Å². The van der Waals surface area contributed by atoms with Gasteiger partial charge in [0, 0.05) is 10.9 Å². The molecule has 0 fully saturated rings. The highest BCUT2D eigenvalue weighted by atomic mass is 16.5. The lowest BCUT2D eigenvalue weighted by Gasteiger charge is -2.11. The van der Waals surface area contributed by atoms with Crippen LogP contribution in [0, 0.1) is 0 Å². The summed E-state index contributed by atoms with van der Waals surface area (Å²) >= 11 is 0. The highest BCUT2D eigenvalue weighted by molar-refractivity contribution is 5.87. The first-order valence-electron chi connectivity index (χ1n) is 8.93. The van der Waals surface area contributed by atoms with Gasteiger partial charge in [0.05, 0.1) is 17.6 Å². The third-order valence-corrected chi connectivity index (χ3v) is 4.44. The summed E-state index contributed by atoms with van der Waals surface area (Å²) < 4.78 is 5.46. The summed E-state index contributed by atoms with van der Waals surface area (Å²) in [6, 6.07) is 29.7. The van der Waals surface area contributed by atoms with E-state index in [2.05, 4.69) is 6.07 Å². The van der Waals surface area contributed by atoms with E-state index in [1.807, 2.05) is 84.9 Å². The molecule has 27 heavy (non-hydrogen) atoms. The Labute approximate surface area is 158 Å². The number of ether oxygens (including phenoxy) is 1. The number of pyridine rings is 1. The molecule has 4 rings (SSSR count). The first-order valence-corrected chi connectivity index (χ1v) is 8.93. The summed E-state index contributed by atoms with van der Waals surface area (Å²) in [4.78, 5) is 17.2. The molecule has 0 saturated carbocycles. The maximum absolute atomic E-state index is 12.4. The van der Waals surface area contributed by atoms with E-state index in [9.17, 15) is 4.79 Å². The Bertz CT molecular complexity index is 1060. The van der Waals surface area contributed by atoms with Crippen molar-refractivity contribution >= 4 is 16.9 Å². The summed E-state index contributed by atoms with van der Waals surface area (Å²) in [6.07, 6.45) is 0.141. The second kappa shape index (κ2) is 7.83. The van der Waals surface area contributed by atoms with Gasteiger partial charge in [0.25, 0.3) is 0 Å². The molecule has 3 nitrogen and oxygen atoms in total. The van der Waals surface area contributed by atoms with E-state index in [4.69, 9.17) is 9.72 Å². The van der Waals surface area contributed by atoms with Gasteiger partial charge in [-0.15, -0.1) is 0 Å². The molecule has 1 aromatic heterocycles. The largest absolute Gasteiger partial charge is 0.461 e. The zero-order chi connectivity index (χ0) is 18.5. The molecule has 0 aliphatic carbocycles. The minimum atomic E-state index is -0.279. The molecule has 0 N–H and O–H groups in total.